The number of imidazole rings is 1. The topological polar surface area (TPSA) is 41.6 Å². The second-order valence-electron chi connectivity index (χ2n) is 4.01. The fourth-order valence-corrected chi connectivity index (χ4v) is 2.43. The number of hydrogen-bond acceptors (Lipinski definition) is 2. The molecule has 0 aliphatic carbocycles. The Balaban J connectivity index is 2.26. The lowest BCUT2D eigenvalue weighted by Gasteiger charge is -2.01. The summed E-state index contributed by atoms with van der Waals surface area (Å²) in [5, 5.41) is 0.647. The second-order valence-corrected chi connectivity index (χ2v) is 5.25. The smallest absolute Gasteiger partial charge is 0.178 e. The number of nitrogens with zero attached hydrogens (tertiary/aromatic N) is 2. The molecule has 3 aromatic rings. The standard InChI is InChI=1S/C13H9BrClN3/c1-7-5-6-16-13-11(7)17-12(18-13)8-3-2-4-9(14)10(8)15/h2-6H,1H3,(H,16,17,18). The molecule has 0 spiro atoms. The van der Waals surface area contributed by atoms with Crippen molar-refractivity contribution in [3.8, 4) is 11.4 Å². The van der Waals surface area contributed by atoms with Gasteiger partial charge in [0.25, 0.3) is 0 Å². The van der Waals surface area contributed by atoms with E-state index in [9.17, 15) is 0 Å². The molecular weight excluding hydrogens is 314 g/mol. The molecule has 0 atom stereocenters. The van der Waals surface area contributed by atoms with E-state index in [1.807, 2.05) is 31.2 Å². The number of aryl methyl sites for hydroxylation is 1. The van der Waals surface area contributed by atoms with Gasteiger partial charge in [0, 0.05) is 16.2 Å². The number of nitrogens with one attached hydrogen (secondary N) is 1. The van der Waals surface area contributed by atoms with Gasteiger partial charge < -0.3 is 4.98 Å². The lowest BCUT2D eigenvalue weighted by Crippen LogP contribution is -1.82. The van der Waals surface area contributed by atoms with Gasteiger partial charge >= 0.3 is 0 Å². The number of pyridine rings is 1. The number of aromatic nitrogens is 3. The molecule has 0 aliphatic rings. The molecule has 0 saturated carbocycles. The highest BCUT2D eigenvalue weighted by molar-refractivity contribution is 9.10. The van der Waals surface area contributed by atoms with Crippen molar-refractivity contribution < 1.29 is 0 Å². The summed E-state index contributed by atoms with van der Waals surface area (Å²) in [5.41, 5.74) is 3.64. The largest absolute Gasteiger partial charge is 0.336 e. The summed E-state index contributed by atoms with van der Waals surface area (Å²) >= 11 is 9.68. The molecule has 0 aliphatic heterocycles. The Morgan fingerprint density at radius 2 is 2.11 bits per heavy atom. The molecule has 0 radical (unpaired) electrons. The maximum absolute atomic E-state index is 6.27. The molecule has 90 valence electrons. The third-order valence-corrected chi connectivity index (χ3v) is 4.10. The molecule has 18 heavy (non-hydrogen) atoms. The van der Waals surface area contributed by atoms with Crippen LogP contribution >= 0.6 is 27.5 Å². The van der Waals surface area contributed by atoms with Crippen molar-refractivity contribution in [1.29, 1.82) is 0 Å². The molecule has 2 aromatic heterocycles. The zero-order valence-electron chi connectivity index (χ0n) is 9.54. The van der Waals surface area contributed by atoms with E-state index in [0.29, 0.717) is 10.7 Å². The lowest BCUT2D eigenvalue weighted by molar-refractivity contribution is 1.30. The van der Waals surface area contributed by atoms with Gasteiger partial charge in [-0.15, -0.1) is 0 Å². The Kier molecular flexibility index (Phi) is 2.84. The van der Waals surface area contributed by atoms with Crippen molar-refractivity contribution in [1.82, 2.24) is 15.0 Å². The van der Waals surface area contributed by atoms with Gasteiger partial charge in [0.2, 0.25) is 0 Å². The number of H-pyrrole nitrogens is 1. The molecule has 2 heterocycles. The number of hydrogen-bond donors (Lipinski definition) is 1. The predicted octanol–water partition coefficient (Wildman–Crippen LogP) is 4.35. The van der Waals surface area contributed by atoms with Crippen LogP contribution in [-0.2, 0) is 0 Å². The van der Waals surface area contributed by atoms with Crippen LogP contribution < -0.4 is 0 Å². The van der Waals surface area contributed by atoms with E-state index in [2.05, 4.69) is 30.9 Å². The molecule has 3 rings (SSSR count). The first-order chi connectivity index (χ1) is 8.66. The third-order valence-electron chi connectivity index (χ3n) is 2.81. The maximum Gasteiger partial charge on any atom is 0.178 e. The van der Waals surface area contributed by atoms with Gasteiger partial charge in [-0.05, 0) is 46.6 Å². The SMILES string of the molecule is Cc1ccnc2nc(-c3cccc(Br)c3Cl)[nH]c12. The Morgan fingerprint density at radius 3 is 2.89 bits per heavy atom. The zero-order valence-corrected chi connectivity index (χ0v) is 11.9. The van der Waals surface area contributed by atoms with E-state index in [0.717, 1.165) is 26.9 Å². The van der Waals surface area contributed by atoms with E-state index in [-0.39, 0.29) is 0 Å². The molecule has 1 N–H and O–H groups in total. The molecule has 5 heteroatoms. The van der Waals surface area contributed by atoms with Gasteiger partial charge in [0.15, 0.2) is 5.65 Å². The Hall–Kier alpha value is -1.39. The van der Waals surface area contributed by atoms with Gasteiger partial charge in [-0.3, -0.25) is 0 Å². The van der Waals surface area contributed by atoms with E-state index in [4.69, 9.17) is 11.6 Å². The minimum absolute atomic E-state index is 0.647. The van der Waals surface area contributed by atoms with E-state index < -0.39 is 0 Å². The molecule has 0 bridgehead atoms. The first-order valence-electron chi connectivity index (χ1n) is 5.42. The Morgan fingerprint density at radius 1 is 1.28 bits per heavy atom. The Labute approximate surface area is 117 Å². The fourth-order valence-electron chi connectivity index (χ4n) is 1.85. The van der Waals surface area contributed by atoms with Crippen LogP contribution in [0.25, 0.3) is 22.6 Å². The van der Waals surface area contributed by atoms with E-state index >= 15 is 0 Å². The summed E-state index contributed by atoms with van der Waals surface area (Å²) in [4.78, 5) is 12.0. The minimum atomic E-state index is 0.647. The predicted molar refractivity (Wildman–Crippen MR) is 76.8 cm³/mol. The first kappa shape index (κ1) is 11.7. The quantitative estimate of drug-likeness (QED) is 0.723. The van der Waals surface area contributed by atoms with Crippen LogP contribution in [0, 0.1) is 6.92 Å². The lowest BCUT2D eigenvalue weighted by atomic mass is 10.2. The zero-order chi connectivity index (χ0) is 12.7. The van der Waals surface area contributed by atoms with E-state index in [1.54, 1.807) is 6.20 Å². The highest BCUT2D eigenvalue weighted by Gasteiger charge is 2.12. The van der Waals surface area contributed by atoms with Gasteiger partial charge in [-0.2, -0.15) is 0 Å². The van der Waals surface area contributed by atoms with Crippen molar-refractivity contribution in [2.75, 3.05) is 0 Å². The summed E-state index contributed by atoms with van der Waals surface area (Å²) < 4.78 is 0.854. The van der Waals surface area contributed by atoms with Crippen LogP contribution in [0.5, 0.6) is 0 Å². The molecule has 0 saturated heterocycles. The van der Waals surface area contributed by atoms with Crippen molar-refractivity contribution in [3.63, 3.8) is 0 Å². The van der Waals surface area contributed by atoms with Crippen LogP contribution in [-0.4, -0.2) is 15.0 Å². The summed E-state index contributed by atoms with van der Waals surface area (Å²) in [6, 6.07) is 7.71. The number of rotatable bonds is 1. The van der Waals surface area contributed by atoms with Gasteiger partial charge in [0.1, 0.15) is 5.82 Å². The molecule has 1 aromatic carbocycles. The van der Waals surface area contributed by atoms with Crippen LogP contribution in [0.15, 0.2) is 34.9 Å². The normalized spacial score (nSPS) is 11.1. The number of benzene rings is 1. The van der Waals surface area contributed by atoms with Crippen LogP contribution in [0.1, 0.15) is 5.56 Å². The highest BCUT2D eigenvalue weighted by atomic mass is 79.9. The summed E-state index contributed by atoms with van der Waals surface area (Å²) in [5.74, 6) is 0.734. The summed E-state index contributed by atoms with van der Waals surface area (Å²) in [6.45, 7) is 2.02. The van der Waals surface area contributed by atoms with Crippen LogP contribution in [0.3, 0.4) is 0 Å². The molecule has 0 unspecified atom stereocenters. The minimum Gasteiger partial charge on any atom is -0.336 e. The second kappa shape index (κ2) is 4.37. The summed E-state index contributed by atoms with van der Waals surface area (Å²) in [7, 11) is 0. The van der Waals surface area contributed by atoms with Crippen LogP contribution in [0.2, 0.25) is 5.02 Å². The monoisotopic (exact) mass is 321 g/mol. The van der Waals surface area contributed by atoms with Crippen LogP contribution in [0.4, 0.5) is 0 Å². The average Bonchev–Trinajstić information content (AvgIpc) is 2.78. The van der Waals surface area contributed by atoms with Crippen molar-refractivity contribution >= 4 is 38.7 Å². The van der Waals surface area contributed by atoms with Crippen molar-refractivity contribution in [3.05, 3.63) is 45.5 Å². The van der Waals surface area contributed by atoms with Crippen molar-refractivity contribution in [2.45, 2.75) is 6.92 Å². The van der Waals surface area contributed by atoms with Gasteiger partial charge in [-0.25, -0.2) is 9.97 Å². The molecule has 3 nitrogen and oxygen atoms in total. The highest BCUT2D eigenvalue weighted by Crippen LogP contribution is 2.33. The maximum atomic E-state index is 6.27. The number of aromatic amines is 1. The molecule has 0 fully saturated rings. The number of halogens is 2. The Bertz CT molecular complexity index is 736. The van der Waals surface area contributed by atoms with E-state index in [1.165, 1.54) is 0 Å². The van der Waals surface area contributed by atoms with Crippen molar-refractivity contribution in [2.24, 2.45) is 0 Å². The number of fused-ring (bicyclic) bond motifs is 1. The fraction of sp³-hybridized carbons (Fsp3) is 0.0769. The molecular formula is C13H9BrClN3. The average molecular weight is 323 g/mol. The first-order valence-corrected chi connectivity index (χ1v) is 6.59. The molecule has 0 amide bonds. The third kappa shape index (κ3) is 1.82. The summed E-state index contributed by atoms with van der Waals surface area (Å²) in [6.07, 6.45) is 1.75. The van der Waals surface area contributed by atoms with Gasteiger partial charge in [0.05, 0.1) is 10.5 Å². The van der Waals surface area contributed by atoms with Gasteiger partial charge in [-0.1, -0.05) is 17.7 Å².